The molecule has 3 aromatic carbocycles. The van der Waals surface area contributed by atoms with Crippen LogP contribution in [-0.4, -0.2) is 62.2 Å². The molecule has 1 saturated carbocycles. The quantitative estimate of drug-likeness (QED) is 0.127. The number of hydrogen-bond donors (Lipinski definition) is 0. The number of rotatable bonds is 6. The minimum Gasteiger partial charge on any atom is -0.379 e. The van der Waals surface area contributed by atoms with Crippen LogP contribution in [0.5, 0.6) is 0 Å². The molecular formula is C30H28BrFN7O3P. The summed E-state index contributed by atoms with van der Waals surface area (Å²) in [6.07, 6.45) is 1.83. The number of aromatic nitrogens is 2. The number of morpholine rings is 1. The summed E-state index contributed by atoms with van der Waals surface area (Å²) in [5.74, 6) is 0.765. The molecule has 13 heteroatoms. The molecule has 1 aliphatic carbocycles. The van der Waals surface area contributed by atoms with Crippen molar-refractivity contribution < 1.29 is 14.1 Å². The van der Waals surface area contributed by atoms with E-state index in [9.17, 15) is 10.1 Å². The van der Waals surface area contributed by atoms with Crippen LogP contribution in [0, 0.1) is 22.9 Å². The van der Waals surface area contributed by atoms with Crippen LogP contribution in [0.15, 0.2) is 87.0 Å². The normalized spacial score (nSPS) is 20.4. The zero-order chi connectivity index (χ0) is 29.7. The predicted molar refractivity (Wildman–Crippen MR) is 168 cm³/mol. The van der Waals surface area contributed by atoms with E-state index in [1.807, 2.05) is 48.0 Å². The molecule has 0 bridgehead atoms. The average Bonchev–Trinajstić information content (AvgIpc) is 3.80. The van der Waals surface area contributed by atoms with Crippen molar-refractivity contribution in [3.63, 3.8) is 0 Å². The molecule has 1 aromatic heterocycles. The Labute approximate surface area is 256 Å². The number of nitrogens with zero attached hydrogens (tertiary/aromatic N) is 7. The summed E-state index contributed by atoms with van der Waals surface area (Å²) >= 11 is 3.58. The lowest BCUT2D eigenvalue weighted by Crippen LogP contribution is -2.48. The third-order valence-electron chi connectivity index (χ3n) is 7.81. The summed E-state index contributed by atoms with van der Waals surface area (Å²) in [5.41, 5.74) is 2.55. The van der Waals surface area contributed by atoms with Gasteiger partial charge < -0.3 is 9.41 Å². The molecule has 43 heavy (non-hydrogen) atoms. The van der Waals surface area contributed by atoms with Crippen molar-refractivity contribution in [3.8, 4) is 5.69 Å². The van der Waals surface area contributed by atoms with Gasteiger partial charge >= 0.3 is 0 Å². The van der Waals surface area contributed by atoms with Gasteiger partial charge in [-0.25, -0.2) is 23.5 Å². The number of fused-ring (bicyclic) bond motifs is 1. The lowest BCUT2D eigenvalue weighted by Gasteiger charge is -2.48. The third kappa shape index (κ3) is 4.82. The number of amidine groups is 1. The lowest BCUT2D eigenvalue weighted by atomic mass is 10.2. The fourth-order valence-corrected chi connectivity index (χ4v) is 10.6. The van der Waals surface area contributed by atoms with E-state index in [1.165, 1.54) is 18.2 Å². The first-order chi connectivity index (χ1) is 20.9. The van der Waals surface area contributed by atoms with Crippen LogP contribution in [-0.2, 0) is 4.74 Å². The number of aryl methyl sites for hydroxylation is 1. The highest BCUT2D eigenvalue weighted by molar-refractivity contribution is 9.10. The molecule has 0 amide bonds. The molecule has 2 fully saturated rings. The first-order valence-electron chi connectivity index (χ1n) is 14.1. The minimum absolute atomic E-state index is 0.0327. The van der Waals surface area contributed by atoms with Gasteiger partial charge in [-0.05, 0) is 66.0 Å². The molecule has 0 spiro atoms. The van der Waals surface area contributed by atoms with Crippen LogP contribution < -0.4 is 5.30 Å². The molecule has 220 valence electrons. The van der Waals surface area contributed by atoms with Gasteiger partial charge in [0.2, 0.25) is 0 Å². The summed E-state index contributed by atoms with van der Waals surface area (Å²) in [5, 5.41) is 17.5. The Balaban J connectivity index is 1.61. The van der Waals surface area contributed by atoms with E-state index >= 15 is 4.39 Å². The van der Waals surface area contributed by atoms with Crippen molar-refractivity contribution in [2.24, 2.45) is 9.74 Å². The maximum Gasteiger partial charge on any atom is 0.270 e. The van der Waals surface area contributed by atoms with Crippen LogP contribution in [0.4, 0.5) is 21.6 Å². The largest absolute Gasteiger partial charge is 0.379 e. The first-order valence-corrected chi connectivity index (χ1v) is 16.5. The number of ether oxygens (including phenoxy) is 1. The van der Waals surface area contributed by atoms with E-state index in [1.54, 1.807) is 18.2 Å². The van der Waals surface area contributed by atoms with E-state index in [2.05, 4.69) is 25.3 Å². The van der Waals surface area contributed by atoms with E-state index in [0.717, 1.165) is 29.5 Å². The highest BCUT2D eigenvalue weighted by Gasteiger charge is 2.52. The molecule has 3 heterocycles. The van der Waals surface area contributed by atoms with E-state index < -0.39 is 12.3 Å². The molecule has 1 atom stereocenters. The highest BCUT2D eigenvalue weighted by atomic mass is 79.9. The van der Waals surface area contributed by atoms with Crippen LogP contribution in [0.1, 0.15) is 24.1 Å². The van der Waals surface area contributed by atoms with Crippen molar-refractivity contribution >= 4 is 51.6 Å². The molecule has 7 rings (SSSR count). The van der Waals surface area contributed by atoms with Crippen LogP contribution >= 0.6 is 23.3 Å². The second kappa shape index (κ2) is 11.1. The van der Waals surface area contributed by atoms with E-state index in [-0.39, 0.29) is 17.5 Å². The number of non-ortho nitro benzene ring substituents is 1. The van der Waals surface area contributed by atoms with Gasteiger partial charge in [-0.15, -0.1) is 0 Å². The minimum atomic E-state index is -2.99. The summed E-state index contributed by atoms with van der Waals surface area (Å²) in [6.45, 7) is 4.22. The van der Waals surface area contributed by atoms with Crippen LogP contribution in [0.3, 0.4) is 0 Å². The number of hydrogen-bond acceptors (Lipinski definition) is 6. The summed E-state index contributed by atoms with van der Waals surface area (Å²) < 4.78 is 34.1. The number of aliphatic imine (C=N–C) groups is 1. The Hall–Kier alpha value is -3.70. The maximum atomic E-state index is 15.7. The van der Waals surface area contributed by atoms with Gasteiger partial charge in [0.05, 0.1) is 50.5 Å². The fraction of sp³-hybridized carbons (Fsp3) is 0.267. The zero-order valence-corrected chi connectivity index (χ0v) is 25.8. The smallest absolute Gasteiger partial charge is 0.270 e. The van der Waals surface area contributed by atoms with Crippen molar-refractivity contribution in [3.05, 3.63) is 104 Å². The Morgan fingerprint density at radius 1 is 1.07 bits per heavy atom. The summed E-state index contributed by atoms with van der Waals surface area (Å²) in [6, 6.07) is 21.2. The highest BCUT2D eigenvalue weighted by Crippen LogP contribution is 2.66. The molecule has 1 saturated heterocycles. The van der Waals surface area contributed by atoms with Gasteiger partial charge in [-0.3, -0.25) is 10.1 Å². The van der Waals surface area contributed by atoms with Gasteiger partial charge in [0, 0.05) is 31.3 Å². The molecule has 3 aliphatic rings. The van der Waals surface area contributed by atoms with Gasteiger partial charge in [-0.1, -0.05) is 30.3 Å². The fourth-order valence-electron chi connectivity index (χ4n) is 5.76. The molecule has 0 radical (unpaired) electrons. The molecule has 2 aliphatic heterocycles. The van der Waals surface area contributed by atoms with Crippen molar-refractivity contribution in [1.82, 2.24) is 19.1 Å². The van der Waals surface area contributed by atoms with Crippen molar-refractivity contribution in [2.45, 2.75) is 25.8 Å². The first kappa shape index (κ1) is 28.1. The molecule has 10 nitrogen and oxygen atoms in total. The van der Waals surface area contributed by atoms with Crippen LogP contribution in [0.25, 0.3) is 5.69 Å². The third-order valence-corrected chi connectivity index (χ3v) is 12.4. The predicted octanol–water partition coefficient (Wildman–Crippen LogP) is 6.87. The molecule has 4 aromatic rings. The van der Waals surface area contributed by atoms with Gasteiger partial charge in [0.1, 0.15) is 11.7 Å². The number of benzene rings is 3. The second-order valence-electron chi connectivity index (χ2n) is 10.6. The molecule has 0 unspecified atom stereocenters. The van der Waals surface area contributed by atoms with Gasteiger partial charge in [-0.2, -0.15) is 5.10 Å². The Kier molecular flexibility index (Phi) is 7.25. The molecule has 0 N–H and O–H groups in total. The Morgan fingerprint density at radius 3 is 2.47 bits per heavy atom. The second-order valence-corrected chi connectivity index (χ2v) is 14.3. The SMILES string of the molecule is Cc1nn(-c2ccccc2)c2c1[P@@](=Nc1ccc([N+](=O)[O-])cc1Br)(N1CCOCC1)N(C1CC1)C(c1ccccc1F)=N2. The Morgan fingerprint density at radius 2 is 1.79 bits per heavy atom. The average molecular weight is 664 g/mol. The lowest BCUT2D eigenvalue weighted by molar-refractivity contribution is -0.384. The topological polar surface area (TPSA) is 101 Å². The Bertz CT molecular complexity index is 1820. The van der Waals surface area contributed by atoms with E-state index in [4.69, 9.17) is 19.6 Å². The number of halogens is 2. The zero-order valence-electron chi connectivity index (χ0n) is 23.3. The monoisotopic (exact) mass is 663 g/mol. The van der Waals surface area contributed by atoms with Gasteiger partial charge in [0.25, 0.3) is 5.69 Å². The van der Waals surface area contributed by atoms with Crippen molar-refractivity contribution in [2.75, 3.05) is 26.3 Å². The standard InChI is InChI=1S/C30H28BrFN7O3P/c1-20-28-30(37(34-20)21-7-3-2-4-8-21)33-29(24-9-5-6-10-26(24)32)38(22-11-12-22)43(28,36-15-17-42-18-16-36)35-27-14-13-23(39(40)41)19-25(27)31/h2-10,13-14,19,22H,11-12,15-18H2,1H3/t43-/m1/s1. The number of nitro groups is 1. The maximum absolute atomic E-state index is 15.7. The van der Waals surface area contributed by atoms with E-state index in [0.29, 0.717) is 53.7 Å². The van der Waals surface area contributed by atoms with Crippen molar-refractivity contribution in [1.29, 1.82) is 0 Å². The number of para-hydroxylation sites is 1. The van der Waals surface area contributed by atoms with Crippen LogP contribution in [0.2, 0.25) is 0 Å². The molecular weight excluding hydrogens is 636 g/mol. The summed E-state index contributed by atoms with van der Waals surface area (Å²) in [4.78, 5) is 16.4. The summed E-state index contributed by atoms with van der Waals surface area (Å²) in [7, 11) is -2.99. The van der Waals surface area contributed by atoms with Gasteiger partial charge in [0.15, 0.2) is 13.2 Å². The number of nitro benzene ring substituents is 1.